The summed E-state index contributed by atoms with van der Waals surface area (Å²) in [6.07, 6.45) is 3.25. The highest BCUT2D eigenvalue weighted by Crippen LogP contribution is 2.05. The number of hydrogen-bond acceptors (Lipinski definition) is 4. The number of nitrogens with zero attached hydrogens (tertiary/aromatic N) is 3. The van der Waals surface area contributed by atoms with Crippen LogP contribution in [0.15, 0.2) is 12.4 Å². The topological polar surface area (TPSA) is 38.7 Å². The third-order valence-electron chi connectivity index (χ3n) is 0.953. The van der Waals surface area contributed by atoms with E-state index < -0.39 is 0 Å². The molecule has 43 valence electrons. The Hall–Kier alpha value is -1.03. The molecule has 2 aromatic heterocycles. The second kappa shape index (κ2) is 1.73. The summed E-state index contributed by atoms with van der Waals surface area (Å²) in [7, 11) is 0. The third kappa shape index (κ3) is 0.675. The van der Waals surface area contributed by atoms with Crippen LogP contribution in [0, 0.1) is 5.38 Å². The highest BCUT2D eigenvalue weighted by molar-refractivity contribution is 7.04. The van der Waals surface area contributed by atoms with Gasteiger partial charge in [-0.25, -0.2) is 9.97 Å². The number of fused-ring (bicyclic) bond motifs is 1. The lowest BCUT2D eigenvalue weighted by Gasteiger charge is -1.79. The quantitative estimate of drug-likeness (QED) is 0.539. The Morgan fingerprint density at radius 1 is 1.33 bits per heavy atom. The van der Waals surface area contributed by atoms with Crippen molar-refractivity contribution in [2.45, 2.75) is 0 Å². The van der Waals surface area contributed by atoms with Crippen LogP contribution in [0.3, 0.4) is 0 Å². The molecule has 0 aliphatic heterocycles. The van der Waals surface area contributed by atoms with Crippen molar-refractivity contribution in [3.05, 3.63) is 17.8 Å². The lowest BCUT2D eigenvalue weighted by atomic mass is 10.6. The van der Waals surface area contributed by atoms with Gasteiger partial charge in [-0.3, -0.25) is 0 Å². The molecule has 4 heteroatoms. The molecule has 0 amide bonds. The Bertz CT molecular complexity index is 286. The molecule has 0 unspecified atom stereocenters. The lowest BCUT2D eigenvalue weighted by molar-refractivity contribution is 1.28. The normalized spacial score (nSPS) is 10.2. The molecule has 3 nitrogen and oxygen atoms in total. The minimum Gasteiger partial charge on any atom is -0.250 e. The van der Waals surface area contributed by atoms with E-state index in [4.69, 9.17) is 0 Å². The molecule has 0 saturated carbocycles. The van der Waals surface area contributed by atoms with E-state index in [-0.39, 0.29) is 0 Å². The number of hydrogen-bond donors (Lipinski definition) is 0. The molecule has 0 aliphatic carbocycles. The maximum absolute atomic E-state index is 3.97. The van der Waals surface area contributed by atoms with Crippen LogP contribution >= 0.6 is 11.5 Å². The molecular formula is C5H2N3S. The van der Waals surface area contributed by atoms with Crippen LogP contribution in [0.2, 0.25) is 0 Å². The van der Waals surface area contributed by atoms with Crippen molar-refractivity contribution in [2.24, 2.45) is 0 Å². The molecule has 0 spiro atoms. The average Bonchev–Trinajstić information content (AvgIpc) is 2.33. The first-order valence-corrected chi connectivity index (χ1v) is 3.18. The maximum atomic E-state index is 3.97. The van der Waals surface area contributed by atoms with E-state index in [9.17, 15) is 0 Å². The molecule has 0 saturated heterocycles. The van der Waals surface area contributed by atoms with Gasteiger partial charge in [0.25, 0.3) is 0 Å². The molecular weight excluding hydrogens is 134 g/mol. The van der Waals surface area contributed by atoms with Crippen LogP contribution in [0.4, 0.5) is 0 Å². The smallest absolute Gasteiger partial charge is 0.192 e. The summed E-state index contributed by atoms with van der Waals surface area (Å²) in [6, 6.07) is 0. The zero-order valence-corrected chi connectivity index (χ0v) is 5.22. The van der Waals surface area contributed by atoms with Crippen LogP contribution in [0.5, 0.6) is 0 Å². The minimum atomic E-state index is 0.683. The molecule has 0 bridgehead atoms. The van der Waals surface area contributed by atoms with E-state index in [1.165, 1.54) is 11.5 Å². The van der Waals surface area contributed by atoms with E-state index in [1.54, 1.807) is 12.4 Å². The van der Waals surface area contributed by atoms with Crippen LogP contribution in [0.25, 0.3) is 11.2 Å². The molecule has 0 N–H and O–H groups in total. The first kappa shape index (κ1) is 4.81. The lowest BCUT2D eigenvalue weighted by Crippen LogP contribution is -1.75. The third-order valence-corrected chi connectivity index (χ3v) is 1.50. The van der Waals surface area contributed by atoms with Crippen molar-refractivity contribution in [1.82, 2.24) is 14.3 Å². The Morgan fingerprint density at radius 2 is 2.22 bits per heavy atom. The summed E-state index contributed by atoms with van der Waals surface area (Å²) in [5.74, 6) is 0. The van der Waals surface area contributed by atoms with Gasteiger partial charge in [0.05, 0.1) is 5.38 Å². The van der Waals surface area contributed by atoms with Gasteiger partial charge in [0, 0.05) is 12.4 Å². The summed E-state index contributed by atoms with van der Waals surface area (Å²) in [6.45, 7) is 0. The van der Waals surface area contributed by atoms with Gasteiger partial charge in [-0.1, -0.05) is 0 Å². The molecule has 2 rings (SSSR count). The molecule has 2 aromatic rings. The fourth-order valence-electron chi connectivity index (χ4n) is 0.579. The average molecular weight is 136 g/mol. The number of aromatic nitrogens is 3. The van der Waals surface area contributed by atoms with Crippen molar-refractivity contribution < 1.29 is 0 Å². The van der Waals surface area contributed by atoms with Crippen molar-refractivity contribution in [1.29, 1.82) is 0 Å². The van der Waals surface area contributed by atoms with Gasteiger partial charge < -0.3 is 0 Å². The highest BCUT2D eigenvalue weighted by atomic mass is 32.1. The van der Waals surface area contributed by atoms with Gasteiger partial charge in [0.1, 0.15) is 5.52 Å². The summed E-state index contributed by atoms with van der Waals surface area (Å²) >= 11 is 1.25. The first-order valence-electron chi connectivity index (χ1n) is 2.41. The predicted molar refractivity (Wildman–Crippen MR) is 34.0 cm³/mol. The van der Waals surface area contributed by atoms with E-state index in [1.807, 2.05) is 0 Å². The Kier molecular flexibility index (Phi) is 0.927. The van der Waals surface area contributed by atoms with Gasteiger partial charge in [0.15, 0.2) is 5.65 Å². The van der Waals surface area contributed by atoms with Gasteiger partial charge in [-0.2, -0.15) is 4.37 Å². The number of rotatable bonds is 0. The highest BCUT2D eigenvalue weighted by Gasteiger charge is 1.93. The van der Waals surface area contributed by atoms with E-state index in [0.717, 1.165) is 5.52 Å². The molecule has 1 radical (unpaired) electrons. The standard InChI is InChI=1S/C5H2N3S/c1-2-7-5-4(6-1)3-9-8-5/h1-2H. The summed E-state index contributed by atoms with van der Waals surface area (Å²) in [4.78, 5) is 7.92. The van der Waals surface area contributed by atoms with Crippen LogP contribution in [-0.2, 0) is 0 Å². The van der Waals surface area contributed by atoms with Crippen molar-refractivity contribution in [3.8, 4) is 0 Å². The van der Waals surface area contributed by atoms with Crippen molar-refractivity contribution >= 4 is 22.7 Å². The molecule has 0 fully saturated rings. The molecule has 9 heavy (non-hydrogen) atoms. The predicted octanol–water partition coefficient (Wildman–Crippen LogP) is 0.886. The monoisotopic (exact) mass is 136 g/mol. The maximum Gasteiger partial charge on any atom is 0.192 e. The molecule has 0 atom stereocenters. The van der Waals surface area contributed by atoms with Gasteiger partial charge in [-0.05, 0) is 11.5 Å². The Labute approximate surface area is 55.6 Å². The van der Waals surface area contributed by atoms with Gasteiger partial charge >= 0.3 is 0 Å². The fourth-order valence-corrected chi connectivity index (χ4v) is 1.07. The van der Waals surface area contributed by atoms with Crippen molar-refractivity contribution in [2.75, 3.05) is 0 Å². The van der Waals surface area contributed by atoms with Crippen LogP contribution in [-0.4, -0.2) is 14.3 Å². The SMILES string of the molecule is [c]1snc2nccnc12. The first-order chi connectivity index (χ1) is 4.47. The Balaban J connectivity index is 2.95. The van der Waals surface area contributed by atoms with Gasteiger partial charge in [0.2, 0.25) is 0 Å². The zero-order chi connectivity index (χ0) is 6.10. The van der Waals surface area contributed by atoms with Gasteiger partial charge in [-0.15, -0.1) is 0 Å². The zero-order valence-electron chi connectivity index (χ0n) is 4.40. The second-order valence-electron chi connectivity index (χ2n) is 1.51. The molecule has 0 aromatic carbocycles. The fraction of sp³-hybridized carbons (Fsp3) is 0. The molecule has 0 aliphatic rings. The van der Waals surface area contributed by atoms with E-state index in [2.05, 4.69) is 19.7 Å². The Morgan fingerprint density at radius 3 is 3.11 bits per heavy atom. The van der Waals surface area contributed by atoms with Crippen LogP contribution in [0.1, 0.15) is 0 Å². The van der Waals surface area contributed by atoms with E-state index in [0.29, 0.717) is 5.65 Å². The van der Waals surface area contributed by atoms with E-state index >= 15 is 0 Å². The summed E-state index contributed by atoms with van der Waals surface area (Å²) in [5.41, 5.74) is 1.44. The largest absolute Gasteiger partial charge is 0.250 e. The minimum absolute atomic E-state index is 0.683. The molecule has 2 heterocycles. The van der Waals surface area contributed by atoms with Crippen LogP contribution < -0.4 is 0 Å². The second-order valence-corrected chi connectivity index (χ2v) is 2.08. The summed E-state index contributed by atoms with van der Waals surface area (Å²) in [5, 5.41) is 2.88. The van der Waals surface area contributed by atoms with Crippen molar-refractivity contribution in [3.63, 3.8) is 0 Å². The summed E-state index contributed by atoms with van der Waals surface area (Å²) < 4.78 is 3.93.